The van der Waals surface area contributed by atoms with Gasteiger partial charge < -0.3 is 9.38 Å². The van der Waals surface area contributed by atoms with E-state index in [9.17, 15) is 0 Å². The lowest BCUT2D eigenvalue weighted by atomic mass is 9.99. The molecule has 0 aliphatic heterocycles. The normalized spacial score (nSPS) is 11.6. The van der Waals surface area contributed by atoms with Crippen molar-refractivity contribution in [3.8, 4) is 0 Å². The maximum atomic E-state index is 2.37. The third kappa shape index (κ3) is 4.76. The van der Waals surface area contributed by atoms with Crippen LogP contribution in [0.4, 0.5) is 17.1 Å². The average Bonchev–Trinajstić information content (AvgIpc) is 2.73. The molecule has 30 heavy (non-hydrogen) atoms. The monoisotopic (exact) mass is 401 g/mol. The summed E-state index contributed by atoms with van der Waals surface area (Å²) in [4.78, 5) is 2.37. The molecule has 0 spiro atoms. The van der Waals surface area contributed by atoms with E-state index in [1.54, 1.807) is 0 Å². The highest BCUT2D eigenvalue weighted by Crippen LogP contribution is 2.37. The quantitative estimate of drug-likeness (QED) is 0.373. The minimum absolute atomic E-state index is 1.07. The number of nitrogens with zero attached hydrogens (tertiary/aromatic N) is 2. The van der Waals surface area contributed by atoms with E-state index in [1.807, 2.05) is 0 Å². The van der Waals surface area contributed by atoms with E-state index >= 15 is 0 Å². The highest BCUT2D eigenvalue weighted by molar-refractivity contribution is 5.77. The van der Waals surface area contributed by atoms with Crippen molar-refractivity contribution in [2.24, 2.45) is 0 Å². The number of anilines is 3. The third-order valence-electron chi connectivity index (χ3n) is 6.59. The van der Waals surface area contributed by atoms with Gasteiger partial charge in [0.25, 0.3) is 0 Å². The van der Waals surface area contributed by atoms with Gasteiger partial charge in [0.05, 0.1) is 20.1 Å². The van der Waals surface area contributed by atoms with E-state index in [1.165, 1.54) is 44.9 Å². The topological polar surface area (TPSA) is 3.24 Å². The average molecular weight is 402 g/mol. The number of rotatable bonds is 7. The first kappa shape index (κ1) is 22.1. The highest BCUT2D eigenvalue weighted by atomic mass is 15.3. The van der Waals surface area contributed by atoms with Crippen molar-refractivity contribution < 1.29 is 4.48 Å². The minimum Gasteiger partial charge on any atom is -0.323 e. The lowest BCUT2D eigenvalue weighted by Crippen LogP contribution is -2.43. The van der Waals surface area contributed by atoms with Crippen LogP contribution in [0.25, 0.3) is 0 Å². The van der Waals surface area contributed by atoms with Crippen LogP contribution in [0.15, 0.2) is 60.7 Å². The predicted octanol–water partition coefficient (Wildman–Crippen LogP) is 7.38. The number of quaternary nitrogens is 1. The molecule has 0 heterocycles. The van der Waals surface area contributed by atoms with E-state index in [0.29, 0.717) is 0 Å². The van der Waals surface area contributed by atoms with Crippen molar-refractivity contribution in [2.75, 3.05) is 25.0 Å². The molecule has 0 saturated carbocycles. The Morgan fingerprint density at radius 1 is 0.633 bits per heavy atom. The number of hydrogen-bond donors (Lipinski definition) is 0. The number of hydrogen-bond acceptors (Lipinski definition) is 1. The second kappa shape index (κ2) is 9.06. The van der Waals surface area contributed by atoms with Gasteiger partial charge in [0, 0.05) is 22.6 Å². The molecule has 3 aromatic carbocycles. The lowest BCUT2D eigenvalue weighted by Gasteiger charge is -2.34. The van der Waals surface area contributed by atoms with Gasteiger partial charge >= 0.3 is 0 Å². The molecule has 158 valence electrons. The van der Waals surface area contributed by atoms with Crippen LogP contribution < -0.4 is 4.90 Å². The summed E-state index contributed by atoms with van der Waals surface area (Å²) in [6.07, 6.45) is 0. The standard InChI is InChI=1S/C28H37N2/c1-8-30(7,9-2)20-28-23(5)18-27(19-24(28)6)29(25-14-10-21(3)11-15-25)26-16-12-22(4)13-17-26/h10-19H,8-9,20H2,1-7H3/q+1. The van der Waals surface area contributed by atoms with E-state index in [4.69, 9.17) is 0 Å². The molecule has 2 nitrogen and oxygen atoms in total. The van der Waals surface area contributed by atoms with Gasteiger partial charge in [-0.25, -0.2) is 0 Å². The molecular formula is C28H37N2+. The van der Waals surface area contributed by atoms with E-state index in [2.05, 4.69) is 114 Å². The zero-order chi connectivity index (χ0) is 21.9. The zero-order valence-electron chi connectivity index (χ0n) is 19.8. The molecule has 0 aromatic heterocycles. The molecule has 0 atom stereocenters. The molecule has 0 fully saturated rings. The van der Waals surface area contributed by atoms with Gasteiger partial charge in [-0.3, -0.25) is 0 Å². The Morgan fingerprint density at radius 2 is 1.03 bits per heavy atom. The van der Waals surface area contributed by atoms with Gasteiger partial charge in [0.2, 0.25) is 0 Å². The van der Waals surface area contributed by atoms with Crippen LogP contribution in [0.1, 0.15) is 41.7 Å². The van der Waals surface area contributed by atoms with E-state index < -0.39 is 0 Å². The Hall–Kier alpha value is -2.58. The third-order valence-corrected chi connectivity index (χ3v) is 6.59. The van der Waals surface area contributed by atoms with Crippen LogP contribution in [0.3, 0.4) is 0 Å². The van der Waals surface area contributed by atoms with Crippen LogP contribution in [0.5, 0.6) is 0 Å². The van der Waals surface area contributed by atoms with Gasteiger partial charge in [0.15, 0.2) is 0 Å². The van der Waals surface area contributed by atoms with Gasteiger partial charge in [-0.2, -0.15) is 0 Å². The van der Waals surface area contributed by atoms with Crippen LogP contribution in [-0.2, 0) is 6.54 Å². The molecule has 0 amide bonds. The summed E-state index contributed by atoms with van der Waals surface area (Å²) in [6.45, 7) is 16.8. The first-order valence-corrected chi connectivity index (χ1v) is 11.1. The Morgan fingerprint density at radius 3 is 1.40 bits per heavy atom. The fourth-order valence-electron chi connectivity index (χ4n) is 4.01. The summed E-state index contributed by atoms with van der Waals surface area (Å²) in [6, 6.07) is 22.4. The molecule has 0 radical (unpaired) electrons. The second-order valence-electron chi connectivity index (χ2n) is 8.97. The smallest absolute Gasteiger partial charge is 0.105 e. The number of benzene rings is 3. The Labute approximate surface area is 183 Å². The molecular weight excluding hydrogens is 364 g/mol. The van der Waals surface area contributed by atoms with Gasteiger partial charge in [-0.05, 0) is 89.1 Å². The summed E-state index contributed by atoms with van der Waals surface area (Å²) in [5.74, 6) is 0. The lowest BCUT2D eigenvalue weighted by molar-refractivity contribution is -0.919. The summed E-state index contributed by atoms with van der Waals surface area (Å²) in [5.41, 5.74) is 10.4. The van der Waals surface area contributed by atoms with Gasteiger partial charge in [-0.15, -0.1) is 0 Å². The molecule has 0 N–H and O–H groups in total. The van der Waals surface area contributed by atoms with Crippen molar-refractivity contribution in [1.82, 2.24) is 0 Å². The summed E-state index contributed by atoms with van der Waals surface area (Å²) >= 11 is 0. The van der Waals surface area contributed by atoms with Crippen molar-refractivity contribution in [2.45, 2.75) is 48.1 Å². The second-order valence-corrected chi connectivity index (χ2v) is 8.97. The summed E-state index contributed by atoms with van der Waals surface area (Å²) in [5, 5.41) is 0. The molecule has 0 bridgehead atoms. The van der Waals surface area contributed by atoms with Crippen LogP contribution in [0, 0.1) is 27.7 Å². The van der Waals surface area contributed by atoms with E-state index in [0.717, 1.165) is 24.1 Å². The van der Waals surface area contributed by atoms with Crippen molar-refractivity contribution >= 4 is 17.1 Å². The predicted molar refractivity (Wildman–Crippen MR) is 131 cm³/mol. The zero-order valence-corrected chi connectivity index (χ0v) is 19.8. The molecule has 3 rings (SSSR count). The Kier molecular flexibility index (Phi) is 6.67. The fourth-order valence-corrected chi connectivity index (χ4v) is 4.01. The van der Waals surface area contributed by atoms with Crippen molar-refractivity contribution in [1.29, 1.82) is 0 Å². The minimum atomic E-state index is 1.07. The largest absolute Gasteiger partial charge is 0.323 e. The Balaban J connectivity index is 2.10. The molecule has 2 heteroatoms. The molecule has 0 aliphatic carbocycles. The first-order valence-electron chi connectivity index (χ1n) is 11.1. The summed E-state index contributed by atoms with van der Waals surface area (Å²) in [7, 11) is 2.36. The maximum absolute atomic E-state index is 2.37. The SMILES string of the molecule is CC[N+](C)(CC)Cc1c(C)cc(N(c2ccc(C)cc2)c2ccc(C)cc2)cc1C. The van der Waals surface area contributed by atoms with Crippen LogP contribution in [-0.4, -0.2) is 24.6 Å². The van der Waals surface area contributed by atoms with Gasteiger partial charge in [-0.1, -0.05) is 35.4 Å². The molecule has 0 saturated heterocycles. The van der Waals surface area contributed by atoms with Crippen LogP contribution in [0.2, 0.25) is 0 Å². The molecule has 0 unspecified atom stereocenters. The Bertz CT molecular complexity index is 912. The highest BCUT2D eigenvalue weighted by Gasteiger charge is 2.21. The maximum Gasteiger partial charge on any atom is 0.105 e. The number of aryl methyl sites for hydroxylation is 4. The first-order chi connectivity index (χ1) is 14.3. The fraction of sp³-hybridized carbons (Fsp3) is 0.357. The van der Waals surface area contributed by atoms with Crippen molar-refractivity contribution in [3.63, 3.8) is 0 Å². The van der Waals surface area contributed by atoms with Gasteiger partial charge in [0.1, 0.15) is 6.54 Å². The molecule has 0 aliphatic rings. The van der Waals surface area contributed by atoms with Crippen LogP contribution >= 0.6 is 0 Å². The van der Waals surface area contributed by atoms with Crippen molar-refractivity contribution in [3.05, 3.63) is 88.5 Å². The molecule has 3 aromatic rings. The van der Waals surface area contributed by atoms with E-state index in [-0.39, 0.29) is 0 Å². The summed E-state index contributed by atoms with van der Waals surface area (Å²) < 4.78 is 1.07.